The van der Waals surface area contributed by atoms with Crippen molar-refractivity contribution in [2.75, 3.05) is 11.9 Å². The Kier molecular flexibility index (Phi) is 4.35. The standard InChI is InChI=1S/C16H18N2O2/c1-12-3-8-16(13(2)11-12)17-10-9-14-4-6-15(7-5-14)18(19)20/h3-8,11,17H,9-10H2,1-2H3. The highest BCUT2D eigenvalue weighted by molar-refractivity contribution is 5.52. The van der Waals surface area contributed by atoms with Gasteiger partial charge in [0, 0.05) is 24.4 Å². The molecule has 2 aromatic carbocycles. The van der Waals surface area contributed by atoms with Crippen molar-refractivity contribution in [3.63, 3.8) is 0 Å². The molecule has 0 amide bonds. The first-order valence-electron chi connectivity index (χ1n) is 6.61. The molecule has 0 spiro atoms. The van der Waals surface area contributed by atoms with Crippen LogP contribution in [0.1, 0.15) is 16.7 Å². The van der Waals surface area contributed by atoms with Crippen molar-refractivity contribution in [2.24, 2.45) is 0 Å². The van der Waals surface area contributed by atoms with Crippen LogP contribution in [0, 0.1) is 24.0 Å². The molecular formula is C16H18N2O2. The van der Waals surface area contributed by atoms with Crippen LogP contribution in [-0.2, 0) is 6.42 Å². The summed E-state index contributed by atoms with van der Waals surface area (Å²) in [4.78, 5) is 10.2. The number of benzene rings is 2. The van der Waals surface area contributed by atoms with Crippen molar-refractivity contribution in [1.82, 2.24) is 0 Å². The molecule has 0 heterocycles. The summed E-state index contributed by atoms with van der Waals surface area (Å²) in [7, 11) is 0. The quantitative estimate of drug-likeness (QED) is 0.663. The van der Waals surface area contributed by atoms with Gasteiger partial charge in [-0.05, 0) is 37.5 Å². The minimum Gasteiger partial charge on any atom is -0.384 e. The molecule has 2 aromatic rings. The number of nitro groups is 1. The van der Waals surface area contributed by atoms with Gasteiger partial charge >= 0.3 is 0 Å². The van der Waals surface area contributed by atoms with Crippen molar-refractivity contribution in [3.05, 3.63) is 69.3 Å². The summed E-state index contributed by atoms with van der Waals surface area (Å²) < 4.78 is 0. The summed E-state index contributed by atoms with van der Waals surface area (Å²) in [5, 5.41) is 14.0. The number of hydrogen-bond donors (Lipinski definition) is 1. The molecule has 0 aromatic heterocycles. The Bertz CT molecular complexity index is 606. The Morgan fingerprint density at radius 2 is 1.80 bits per heavy atom. The number of rotatable bonds is 5. The molecule has 4 nitrogen and oxygen atoms in total. The molecule has 2 rings (SSSR count). The molecule has 1 N–H and O–H groups in total. The van der Waals surface area contributed by atoms with E-state index in [1.54, 1.807) is 12.1 Å². The van der Waals surface area contributed by atoms with Crippen LogP contribution in [0.25, 0.3) is 0 Å². The number of nitro benzene ring substituents is 1. The first kappa shape index (κ1) is 14.1. The maximum Gasteiger partial charge on any atom is 0.269 e. The third-order valence-corrected chi connectivity index (χ3v) is 3.26. The van der Waals surface area contributed by atoms with Crippen LogP contribution in [0.15, 0.2) is 42.5 Å². The van der Waals surface area contributed by atoms with Gasteiger partial charge in [0.05, 0.1) is 4.92 Å². The fourth-order valence-electron chi connectivity index (χ4n) is 2.14. The Balaban J connectivity index is 1.91. The molecule has 0 unspecified atom stereocenters. The van der Waals surface area contributed by atoms with E-state index in [0.717, 1.165) is 24.2 Å². The molecule has 0 radical (unpaired) electrons. The van der Waals surface area contributed by atoms with Crippen LogP contribution in [0.3, 0.4) is 0 Å². The van der Waals surface area contributed by atoms with Crippen LogP contribution >= 0.6 is 0 Å². The summed E-state index contributed by atoms with van der Waals surface area (Å²) >= 11 is 0. The molecule has 0 bridgehead atoms. The Morgan fingerprint density at radius 1 is 1.10 bits per heavy atom. The van der Waals surface area contributed by atoms with Gasteiger partial charge in [0.1, 0.15) is 0 Å². The lowest BCUT2D eigenvalue weighted by Crippen LogP contribution is -2.06. The second-order valence-electron chi connectivity index (χ2n) is 4.92. The highest BCUT2D eigenvalue weighted by Crippen LogP contribution is 2.16. The second-order valence-corrected chi connectivity index (χ2v) is 4.92. The van der Waals surface area contributed by atoms with Gasteiger partial charge in [0.15, 0.2) is 0 Å². The van der Waals surface area contributed by atoms with Crippen LogP contribution in [0.4, 0.5) is 11.4 Å². The number of non-ortho nitro benzene ring substituents is 1. The van der Waals surface area contributed by atoms with Crippen LogP contribution in [0.2, 0.25) is 0 Å². The summed E-state index contributed by atoms with van der Waals surface area (Å²) in [6.07, 6.45) is 0.839. The lowest BCUT2D eigenvalue weighted by molar-refractivity contribution is -0.384. The van der Waals surface area contributed by atoms with Crippen molar-refractivity contribution < 1.29 is 4.92 Å². The van der Waals surface area contributed by atoms with E-state index in [0.29, 0.717) is 0 Å². The van der Waals surface area contributed by atoms with E-state index in [2.05, 4.69) is 37.4 Å². The molecule has 0 saturated heterocycles. The van der Waals surface area contributed by atoms with E-state index in [1.807, 2.05) is 12.1 Å². The number of nitrogens with one attached hydrogen (secondary N) is 1. The number of nitrogens with zero attached hydrogens (tertiary/aromatic N) is 1. The van der Waals surface area contributed by atoms with Crippen molar-refractivity contribution >= 4 is 11.4 Å². The van der Waals surface area contributed by atoms with E-state index in [1.165, 1.54) is 11.1 Å². The van der Waals surface area contributed by atoms with Gasteiger partial charge in [-0.2, -0.15) is 0 Å². The molecule has 0 aliphatic heterocycles. The van der Waals surface area contributed by atoms with Crippen molar-refractivity contribution in [2.45, 2.75) is 20.3 Å². The fourth-order valence-corrected chi connectivity index (χ4v) is 2.14. The van der Waals surface area contributed by atoms with Gasteiger partial charge in [0.2, 0.25) is 0 Å². The fraction of sp³-hybridized carbons (Fsp3) is 0.250. The predicted octanol–water partition coefficient (Wildman–Crippen LogP) is 3.87. The van der Waals surface area contributed by atoms with E-state index in [9.17, 15) is 10.1 Å². The lowest BCUT2D eigenvalue weighted by atomic mass is 10.1. The van der Waals surface area contributed by atoms with Crippen LogP contribution in [-0.4, -0.2) is 11.5 Å². The highest BCUT2D eigenvalue weighted by atomic mass is 16.6. The zero-order valence-corrected chi connectivity index (χ0v) is 11.7. The Hall–Kier alpha value is -2.36. The molecule has 20 heavy (non-hydrogen) atoms. The molecule has 0 saturated carbocycles. The van der Waals surface area contributed by atoms with E-state index in [-0.39, 0.29) is 10.6 Å². The van der Waals surface area contributed by atoms with E-state index in [4.69, 9.17) is 0 Å². The first-order valence-corrected chi connectivity index (χ1v) is 6.61. The summed E-state index contributed by atoms with van der Waals surface area (Å²) in [5.74, 6) is 0. The number of hydrogen-bond acceptors (Lipinski definition) is 3. The monoisotopic (exact) mass is 270 g/mol. The Morgan fingerprint density at radius 3 is 2.40 bits per heavy atom. The maximum absolute atomic E-state index is 10.6. The first-order chi connectivity index (χ1) is 9.56. The van der Waals surface area contributed by atoms with E-state index < -0.39 is 0 Å². The molecular weight excluding hydrogens is 252 g/mol. The van der Waals surface area contributed by atoms with Crippen LogP contribution in [0.5, 0.6) is 0 Å². The molecule has 0 aliphatic carbocycles. The lowest BCUT2D eigenvalue weighted by Gasteiger charge is -2.10. The average Bonchev–Trinajstić information content (AvgIpc) is 2.42. The third kappa shape index (κ3) is 3.57. The van der Waals surface area contributed by atoms with Gasteiger partial charge in [-0.3, -0.25) is 10.1 Å². The zero-order chi connectivity index (χ0) is 14.5. The van der Waals surface area contributed by atoms with Gasteiger partial charge in [0.25, 0.3) is 5.69 Å². The zero-order valence-electron chi connectivity index (χ0n) is 11.7. The molecule has 0 aliphatic rings. The number of aryl methyl sites for hydroxylation is 2. The van der Waals surface area contributed by atoms with Gasteiger partial charge in [-0.25, -0.2) is 0 Å². The van der Waals surface area contributed by atoms with Gasteiger partial charge in [-0.15, -0.1) is 0 Å². The van der Waals surface area contributed by atoms with Crippen LogP contribution < -0.4 is 5.32 Å². The maximum atomic E-state index is 10.6. The minimum absolute atomic E-state index is 0.135. The average molecular weight is 270 g/mol. The van der Waals surface area contributed by atoms with Gasteiger partial charge in [-0.1, -0.05) is 29.8 Å². The minimum atomic E-state index is -0.377. The number of anilines is 1. The highest BCUT2D eigenvalue weighted by Gasteiger charge is 2.04. The predicted molar refractivity (Wildman–Crippen MR) is 81.2 cm³/mol. The van der Waals surface area contributed by atoms with Crippen molar-refractivity contribution in [3.8, 4) is 0 Å². The summed E-state index contributed by atoms with van der Waals surface area (Å²) in [6.45, 7) is 4.97. The third-order valence-electron chi connectivity index (χ3n) is 3.26. The molecule has 4 heteroatoms. The summed E-state index contributed by atoms with van der Waals surface area (Å²) in [6, 6.07) is 13.0. The second kappa shape index (κ2) is 6.19. The molecule has 104 valence electrons. The summed E-state index contributed by atoms with van der Waals surface area (Å²) in [5.41, 5.74) is 4.85. The smallest absolute Gasteiger partial charge is 0.269 e. The molecule has 0 fully saturated rings. The van der Waals surface area contributed by atoms with Gasteiger partial charge < -0.3 is 5.32 Å². The topological polar surface area (TPSA) is 55.2 Å². The molecule has 0 atom stereocenters. The van der Waals surface area contributed by atoms with E-state index >= 15 is 0 Å². The SMILES string of the molecule is Cc1ccc(NCCc2ccc([N+](=O)[O-])cc2)c(C)c1. The Labute approximate surface area is 118 Å². The van der Waals surface area contributed by atoms with Crippen molar-refractivity contribution in [1.29, 1.82) is 0 Å². The normalized spacial score (nSPS) is 10.3. The largest absolute Gasteiger partial charge is 0.384 e.